The maximum absolute atomic E-state index is 12.5. The zero-order chi connectivity index (χ0) is 15.0. The number of benzene rings is 1. The van der Waals surface area contributed by atoms with Crippen LogP contribution in [0.15, 0.2) is 53.5 Å². The van der Waals surface area contributed by atoms with Crippen LogP contribution in [0.25, 0.3) is 0 Å². The van der Waals surface area contributed by atoms with Gasteiger partial charge in [0.25, 0.3) is 0 Å². The molecule has 3 rings (SSSR count). The van der Waals surface area contributed by atoms with Crippen molar-refractivity contribution < 1.29 is 9.53 Å². The standard InChI is InChI=1S/C17H16ClNO2/c1-19(2)10-11-4-3-5-16-13(11)9-15(20)14-8-12(18)6-7-17(14)21-16/h3,5-8,10H,4,9H2,1-2H3. The van der Waals surface area contributed by atoms with Gasteiger partial charge in [-0.3, -0.25) is 4.79 Å². The summed E-state index contributed by atoms with van der Waals surface area (Å²) < 4.78 is 5.95. The van der Waals surface area contributed by atoms with Gasteiger partial charge in [-0.2, -0.15) is 0 Å². The van der Waals surface area contributed by atoms with Gasteiger partial charge in [0.05, 0.1) is 5.56 Å². The number of Topliss-reactive ketones (excluding diaryl/α,β-unsaturated/α-hetero) is 1. The summed E-state index contributed by atoms with van der Waals surface area (Å²) in [7, 11) is 3.94. The van der Waals surface area contributed by atoms with Crippen LogP contribution in [0, 0.1) is 0 Å². The van der Waals surface area contributed by atoms with Crippen LogP contribution in [-0.4, -0.2) is 24.8 Å². The van der Waals surface area contributed by atoms with Gasteiger partial charge in [0, 0.05) is 37.3 Å². The molecule has 0 bridgehead atoms. The summed E-state index contributed by atoms with van der Waals surface area (Å²) >= 11 is 5.99. The van der Waals surface area contributed by atoms with Gasteiger partial charge in [0.2, 0.25) is 0 Å². The first-order valence-corrected chi connectivity index (χ1v) is 7.20. The van der Waals surface area contributed by atoms with E-state index in [-0.39, 0.29) is 5.78 Å². The Hall–Kier alpha value is -2.00. The Kier molecular flexibility index (Phi) is 3.60. The molecular formula is C17H16ClNO2. The van der Waals surface area contributed by atoms with Gasteiger partial charge in [-0.15, -0.1) is 0 Å². The molecule has 0 aromatic heterocycles. The maximum atomic E-state index is 12.5. The van der Waals surface area contributed by atoms with E-state index in [9.17, 15) is 4.79 Å². The van der Waals surface area contributed by atoms with Crippen molar-refractivity contribution in [2.24, 2.45) is 0 Å². The third kappa shape index (κ3) is 2.74. The fraction of sp³-hybridized carbons (Fsp3) is 0.235. The molecule has 1 aliphatic heterocycles. The minimum atomic E-state index is 0.0393. The Morgan fingerprint density at radius 2 is 2.14 bits per heavy atom. The average Bonchev–Trinajstić information content (AvgIpc) is 2.56. The molecule has 1 aliphatic carbocycles. The molecule has 1 aromatic rings. The summed E-state index contributed by atoms with van der Waals surface area (Å²) in [6.07, 6.45) is 7.19. The number of nitrogens with zero attached hydrogens (tertiary/aromatic N) is 1. The molecule has 0 saturated heterocycles. The van der Waals surface area contributed by atoms with Crippen LogP contribution in [0.1, 0.15) is 23.2 Å². The van der Waals surface area contributed by atoms with Gasteiger partial charge in [0.1, 0.15) is 11.5 Å². The van der Waals surface area contributed by atoms with Crippen LogP contribution in [0.4, 0.5) is 0 Å². The normalized spacial score (nSPS) is 19.0. The highest BCUT2D eigenvalue weighted by atomic mass is 35.5. The molecule has 1 heterocycles. The van der Waals surface area contributed by atoms with Crippen LogP contribution in [0.3, 0.4) is 0 Å². The highest BCUT2D eigenvalue weighted by molar-refractivity contribution is 6.31. The van der Waals surface area contributed by atoms with Crippen molar-refractivity contribution in [2.45, 2.75) is 12.8 Å². The number of carbonyl (C=O) groups excluding carboxylic acids is 1. The van der Waals surface area contributed by atoms with Crippen LogP contribution < -0.4 is 4.74 Å². The summed E-state index contributed by atoms with van der Waals surface area (Å²) in [6, 6.07) is 5.17. The molecule has 1 aromatic carbocycles. The summed E-state index contributed by atoms with van der Waals surface area (Å²) in [6.45, 7) is 0. The summed E-state index contributed by atoms with van der Waals surface area (Å²) in [5.74, 6) is 1.37. The fourth-order valence-corrected chi connectivity index (χ4v) is 2.77. The number of fused-ring (bicyclic) bond motifs is 1. The Bertz CT molecular complexity index is 699. The predicted octanol–water partition coefficient (Wildman–Crippen LogP) is 3.96. The predicted molar refractivity (Wildman–Crippen MR) is 83.6 cm³/mol. The quantitative estimate of drug-likeness (QED) is 0.786. The molecule has 0 N–H and O–H groups in total. The van der Waals surface area contributed by atoms with Crippen molar-refractivity contribution in [1.29, 1.82) is 0 Å². The summed E-state index contributed by atoms with van der Waals surface area (Å²) in [5, 5.41) is 0.546. The fourth-order valence-electron chi connectivity index (χ4n) is 2.60. The third-order valence-corrected chi connectivity index (χ3v) is 3.74. The van der Waals surface area contributed by atoms with Gasteiger partial charge in [0.15, 0.2) is 5.78 Å². The van der Waals surface area contributed by atoms with Crippen molar-refractivity contribution >= 4 is 17.4 Å². The molecule has 0 atom stereocenters. The second kappa shape index (κ2) is 5.41. The van der Waals surface area contributed by atoms with E-state index in [1.807, 2.05) is 31.3 Å². The van der Waals surface area contributed by atoms with Crippen molar-refractivity contribution in [2.75, 3.05) is 14.1 Å². The monoisotopic (exact) mass is 301 g/mol. The lowest BCUT2D eigenvalue weighted by molar-refractivity contribution is 0.0993. The zero-order valence-corrected chi connectivity index (χ0v) is 12.8. The van der Waals surface area contributed by atoms with Crippen molar-refractivity contribution in [3.05, 3.63) is 64.0 Å². The van der Waals surface area contributed by atoms with Gasteiger partial charge in [-0.1, -0.05) is 17.7 Å². The molecule has 108 valence electrons. The van der Waals surface area contributed by atoms with E-state index in [0.29, 0.717) is 22.8 Å². The molecule has 4 heteroatoms. The highest BCUT2D eigenvalue weighted by Gasteiger charge is 2.26. The van der Waals surface area contributed by atoms with E-state index in [1.54, 1.807) is 18.2 Å². The smallest absolute Gasteiger partial charge is 0.171 e. The van der Waals surface area contributed by atoms with Crippen molar-refractivity contribution in [3.63, 3.8) is 0 Å². The minimum absolute atomic E-state index is 0.0393. The number of ketones is 1. The van der Waals surface area contributed by atoms with Gasteiger partial charge >= 0.3 is 0 Å². The summed E-state index contributed by atoms with van der Waals surface area (Å²) in [4.78, 5) is 14.5. The molecular weight excluding hydrogens is 286 g/mol. The second-order valence-corrected chi connectivity index (χ2v) is 5.85. The van der Waals surface area contributed by atoms with E-state index in [4.69, 9.17) is 16.3 Å². The first-order chi connectivity index (χ1) is 10.0. The van der Waals surface area contributed by atoms with Crippen molar-refractivity contribution in [1.82, 2.24) is 4.90 Å². The maximum Gasteiger partial charge on any atom is 0.171 e. The lowest BCUT2D eigenvalue weighted by Crippen LogP contribution is -2.09. The van der Waals surface area contributed by atoms with E-state index < -0.39 is 0 Å². The Morgan fingerprint density at radius 3 is 2.90 bits per heavy atom. The van der Waals surface area contributed by atoms with E-state index in [1.165, 1.54) is 0 Å². The number of carbonyl (C=O) groups is 1. The SMILES string of the molecule is CN(C)C=C1CC=CC2=C1CC(=O)c1cc(Cl)ccc1O2. The molecule has 0 radical (unpaired) electrons. The largest absolute Gasteiger partial charge is 0.456 e. The first kappa shape index (κ1) is 14.0. The van der Waals surface area contributed by atoms with Gasteiger partial charge < -0.3 is 9.64 Å². The average molecular weight is 302 g/mol. The summed E-state index contributed by atoms with van der Waals surface area (Å²) in [5.41, 5.74) is 2.63. The second-order valence-electron chi connectivity index (χ2n) is 5.41. The lowest BCUT2D eigenvalue weighted by Gasteiger charge is -2.18. The topological polar surface area (TPSA) is 29.5 Å². The number of halogens is 1. The van der Waals surface area contributed by atoms with Gasteiger partial charge in [-0.05, 0) is 36.3 Å². The molecule has 0 unspecified atom stereocenters. The van der Waals surface area contributed by atoms with Crippen LogP contribution >= 0.6 is 11.6 Å². The molecule has 3 nitrogen and oxygen atoms in total. The number of hydrogen-bond donors (Lipinski definition) is 0. The third-order valence-electron chi connectivity index (χ3n) is 3.51. The first-order valence-electron chi connectivity index (χ1n) is 6.82. The van der Waals surface area contributed by atoms with Crippen LogP contribution in [0.5, 0.6) is 5.75 Å². The number of allylic oxidation sites excluding steroid dienone is 4. The zero-order valence-electron chi connectivity index (χ0n) is 12.0. The Morgan fingerprint density at radius 1 is 1.33 bits per heavy atom. The molecule has 0 spiro atoms. The molecule has 0 fully saturated rings. The Labute approximate surface area is 129 Å². The van der Waals surface area contributed by atoms with E-state index in [0.717, 1.165) is 23.3 Å². The van der Waals surface area contributed by atoms with Gasteiger partial charge in [-0.25, -0.2) is 0 Å². The lowest BCUT2D eigenvalue weighted by atomic mass is 9.92. The molecule has 0 saturated carbocycles. The molecule has 0 amide bonds. The number of hydrogen-bond acceptors (Lipinski definition) is 3. The van der Waals surface area contributed by atoms with E-state index >= 15 is 0 Å². The van der Waals surface area contributed by atoms with Crippen molar-refractivity contribution in [3.8, 4) is 5.75 Å². The molecule has 21 heavy (non-hydrogen) atoms. The molecule has 2 aliphatic rings. The van der Waals surface area contributed by atoms with E-state index in [2.05, 4.69) is 6.08 Å². The highest BCUT2D eigenvalue weighted by Crippen LogP contribution is 2.36. The van der Waals surface area contributed by atoms with Crippen LogP contribution in [-0.2, 0) is 0 Å². The minimum Gasteiger partial charge on any atom is -0.456 e. The Balaban J connectivity index is 2.07. The van der Waals surface area contributed by atoms with Crippen LogP contribution in [0.2, 0.25) is 5.02 Å². The number of ether oxygens (including phenoxy) is 1. The number of rotatable bonds is 1.